The molecular weight excluding hydrogens is 302 g/mol. The van der Waals surface area contributed by atoms with Crippen LogP contribution in [0.3, 0.4) is 0 Å². The highest BCUT2D eigenvalue weighted by atomic mass is 16.5. The van der Waals surface area contributed by atoms with Crippen molar-refractivity contribution < 1.29 is 4.74 Å². The normalized spacial score (nSPS) is 16.0. The number of ether oxygens (including phenoxy) is 1. The van der Waals surface area contributed by atoms with Gasteiger partial charge >= 0.3 is 0 Å². The Morgan fingerprint density at radius 2 is 2.17 bits per heavy atom. The van der Waals surface area contributed by atoms with Gasteiger partial charge in [-0.15, -0.1) is 0 Å². The highest BCUT2D eigenvalue weighted by Crippen LogP contribution is 2.31. The van der Waals surface area contributed by atoms with Crippen LogP contribution in [0.25, 0.3) is 21.8 Å². The zero-order valence-electron chi connectivity index (χ0n) is 14.0. The highest BCUT2D eigenvalue weighted by Gasteiger charge is 2.13. The largest absolute Gasteiger partial charge is 0.379 e. The summed E-state index contributed by atoms with van der Waals surface area (Å²) in [7, 11) is 0. The van der Waals surface area contributed by atoms with E-state index in [2.05, 4.69) is 32.1 Å². The zero-order chi connectivity index (χ0) is 16.4. The van der Waals surface area contributed by atoms with Gasteiger partial charge in [-0.2, -0.15) is 0 Å². The molecular formula is C18H23N5O. The van der Waals surface area contributed by atoms with Crippen LogP contribution < -0.4 is 5.32 Å². The summed E-state index contributed by atoms with van der Waals surface area (Å²) in [6.07, 6.45) is 6.75. The lowest BCUT2D eigenvalue weighted by molar-refractivity contribution is 0.0378. The van der Waals surface area contributed by atoms with E-state index in [1.165, 1.54) is 0 Å². The summed E-state index contributed by atoms with van der Waals surface area (Å²) in [6, 6.07) is 2.01. The van der Waals surface area contributed by atoms with Gasteiger partial charge in [0, 0.05) is 49.1 Å². The number of aryl methyl sites for hydroxylation is 1. The Morgan fingerprint density at radius 1 is 1.29 bits per heavy atom. The zero-order valence-corrected chi connectivity index (χ0v) is 14.0. The van der Waals surface area contributed by atoms with Crippen molar-refractivity contribution in [1.82, 2.24) is 19.9 Å². The van der Waals surface area contributed by atoms with Crippen molar-refractivity contribution in [3.8, 4) is 0 Å². The number of anilines is 1. The molecule has 2 N–H and O–H groups in total. The molecule has 0 amide bonds. The fraction of sp³-hybridized carbons (Fsp3) is 0.444. The molecule has 1 aliphatic heterocycles. The SMILES string of the molecule is Cc1cnc(NCCCN2CCOCC2)c2c1[nH]c1ccncc12. The summed E-state index contributed by atoms with van der Waals surface area (Å²) < 4.78 is 5.39. The Balaban J connectivity index is 1.50. The third-order valence-electron chi connectivity index (χ3n) is 4.67. The molecule has 1 fully saturated rings. The van der Waals surface area contributed by atoms with E-state index in [-0.39, 0.29) is 0 Å². The number of rotatable bonds is 5. The van der Waals surface area contributed by atoms with Crippen LogP contribution in [-0.2, 0) is 4.74 Å². The Hall–Kier alpha value is -2.18. The van der Waals surface area contributed by atoms with Crippen LogP contribution in [0.5, 0.6) is 0 Å². The smallest absolute Gasteiger partial charge is 0.136 e. The molecule has 24 heavy (non-hydrogen) atoms. The van der Waals surface area contributed by atoms with Gasteiger partial charge in [0.2, 0.25) is 0 Å². The lowest BCUT2D eigenvalue weighted by Gasteiger charge is -2.26. The second-order valence-electron chi connectivity index (χ2n) is 6.32. The summed E-state index contributed by atoms with van der Waals surface area (Å²) in [5.74, 6) is 0.942. The van der Waals surface area contributed by atoms with Gasteiger partial charge in [0.25, 0.3) is 0 Å². The van der Waals surface area contributed by atoms with Crippen LogP contribution in [-0.4, -0.2) is 59.2 Å². The van der Waals surface area contributed by atoms with Crippen LogP contribution in [0, 0.1) is 6.92 Å². The number of pyridine rings is 2. The second kappa shape index (κ2) is 6.75. The Kier molecular flexibility index (Phi) is 4.32. The first-order valence-corrected chi connectivity index (χ1v) is 8.58. The number of aromatic nitrogens is 3. The molecule has 0 radical (unpaired) electrons. The summed E-state index contributed by atoms with van der Waals surface area (Å²) in [6.45, 7) is 7.89. The summed E-state index contributed by atoms with van der Waals surface area (Å²) in [4.78, 5) is 14.8. The van der Waals surface area contributed by atoms with Gasteiger partial charge in [0.05, 0.1) is 24.1 Å². The number of hydrogen-bond donors (Lipinski definition) is 2. The average molecular weight is 325 g/mol. The highest BCUT2D eigenvalue weighted by molar-refractivity contribution is 6.12. The molecule has 0 saturated carbocycles. The van der Waals surface area contributed by atoms with Gasteiger partial charge in [-0.05, 0) is 31.5 Å². The van der Waals surface area contributed by atoms with E-state index in [9.17, 15) is 0 Å². The maximum atomic E-state index is 5.39. The second-order valence-corrected chi connectivity index (χ2v) is 6.32. The van der Waals surface area contributed by atoms with Crippen molar-refractivity contribution in [2.24, 2.45) is 0 Å². The third kappa shape index (κ3) is 2.95. The molecule has 0 spiro atoms. The van der Waals surface area contributed by atoms with Crippen molar-refractivity contribution in [2.75, 3.05) is 44.7 Å². The Labute approximate surface area is 141 Å². The summed E-state index contributed by atoms with van der Waals surface area (Å²) >= 11 is 0. The topological polar surface area (TPSA) is 66.1 Å². The van der Waals surface area contributed by atoms with Gasteiger partial charge in [-0.3, -0.25) is 9.88 Å². The van der Waals surface area contributed by atoms with E-state index >= 15 is 0 Å². The van der Waals surface area contributed by atoms with Crippen LogP contribution in [0.1, 0.15) is 12.0 Å². The number of nitrogens with one attached hydrogen (secondary N) is 2. The quantitative estimate of drug-likeness (QED) is 0.706. The van der Waals surface area contributed by atoms with Crippen LogP contribution >= 0.6 is 0 Å². The molecule has 4 heterocycles. The monoisotopic (exact) mass is 325 g/mol. The molecule has 4 rings (SSSR count). The molecule has 6 heteroatoms. The summed E-state index contributed by atoms with van der Waals surface area (Å²) in [5.41, 5.74) is 3.40. The first-order chi connectivity index (χ1) is 11.8. The molecule has 0 aliphatic carbocycles. The molecule has 1 aliphatic rings. The standard InChI is InChI=1S/C18H23N5O/c1-13-11-21-18(20-4-2-6-23-7-9-24-10-8-23)16-14-12-19-5-3-15(14)22-17(13)16/h3,5,11-12,22H,2,4,6-10H2,1H3,(H,20,21). The number of aromatic amines is 1. The molecule has 3 aromatic rings. The van der Waals surface area contributed by atoms with Crippen molar-refractivity contribution in [3.05, 3.63) is 30.2 Å². The van der Waals surface area contributed by atoms with Gasteiger partial charge in [0.15, 0.2) is 0 Å². The molecule has 0 unspecified atom stereocenters. The van der Waals surface area contributed by atoms with Crippen molar-refractivity contribution >= 4 is 27.6 Å². The number of morpholine rings is 1. The predicted molar refractivity (Wildman–Crippen MR) is 96.5 cm³/mol. The minimum absolute atomic E-state index is 0.857. The molecule has 6 nitrogen and oxygen atoms in total. The third-order valence-corrected chi connectivity index (χ3v) is 4.67. The lowest BCUT2D eigenvalue weighted by Crippen LogP contribution is -2.37. The van der Waals surface area contributed by atoms with Crippen molar-refractivity contribution in [3.63, 3.8) is 0 Å². The lowest BCUT2D eigenvalue weighted by atomic mass is 10.1. The Morgan fingerprint density at radius 3 is 3.04 bits per heavy atom. The molecule has 0 atom stereocenters. The molecule has 3 aromatic heterocycles. The Bertz CT molecular complexity index is 838. The fourth-order valence-corrected chi connectivity index (χ4v) is 3.33. The first-order valence-electron chi connectivity index (χ1n) is 8.58. The van der Waals surface area contributed by atoms with Crippen molar-refractivity contribution in [1.29, 1.82) is 0 Å². The van der Waals surface area contributed by atoms with E-state index in [0.717, 1.165) is 79.0 Å². The maximum absolute atomic E-state index is 5.39. The maximum Gasteiger partial charge on any atom is 0.136 e. The van der Waals surface area contributed by atoms with Crippen LogP contribution in [0.4, 0.5) is 5.82 Å². The number of nitrogens with zero attached hydrogens (tertiary/aromatic N) is 3. The molecule has 1 saturated heterocycles. The van der Waals surface area contributed by atoms with Gasteiger partial charge in [-0.1, -0.05) is 0 Å². The average Bonchev–Trinajstić information content (AvgIpc) is 3.02. The van der Waals surface area contributed by atoms with E-state index in [0.29, 0.717) is 0 Å². The van der Waals surface area contributed by atoms with Crippen molar-refractivity contribution in [2.45, 2.75) is 13.3 Å². The van der Waals surface area contributed by atoms with Gasteiger partial charge < -0.3 is 15.0 Å². The first kappa shape index (κ1) is 15.4. The van der Waals surface area contributed by atoms with E-state index in [1.54, 1.807) is 0 Å². The van der Waals surface area contributed by atoms with E-state index in [1.807, 2.05) is 24.7 Å². The van der Waals surface area contributed by atoms with Gasteiger partial charge in [0.1, 0.15) is 5.82 Å². The minimum Gasteiger partial charge on any atom is -0.379 e. The van der Waals surface area contributed by atoms with E-state index < -0.39 is 0 Å². The molecule has 126 valence electrons. The minimum atomic E-state index is 0.857. The molecule has 0 bridgehead atoms. The fourth-order valence-electron chi connectivity index (χ4n) is 3.33. The van der Waals surface area contributed by atoms with Crippen LogP contribution in [0.2, 0.25) is 0 Å². The number of H-pyrrole nitrogens is 1. The number of hydrogen-bond acceptors (Lipinski definition) is 5. The van der Waals surface area contributed by atoms with Crippen LogP contribution in [0.15, 0.2) is 24.7 Å². The number of fused-ring (bicyclic) bond motifs is 3. The predicted octanol–water partition coefficient (Wildman–Crippen LogP) is 2.55. The van der Waals surface area contributed by atoms with Gasteiger partial charge in [-0.25, -0.2) is 4.98 Å². The van der Waals surface area contributed by atoms with E-state index in [4.69, 9.17) is 4.74 Å². The summed E-state index contributed by atoms with van der Waals surface area (Å²) in [5, 5.41) is 5.78. The molecule has 0 aromatic carbocycles.